The van der Waals surface area contributed by atoms with Gasteiger partial charge in [-0.05, 0) is 31.0 Å². The third kappa shape index (κ3) is 13.9. The van der Waals surface area contributed by atoms with Gasteiger partial charge in [0.15, 0.2) is 6.61 Å². The van der Waals surface area contributed by atoms with Crippen molar-refractivity contribution in [2.24, 2.45) is 0 Å². The van der Waals surface area contributed by atoms with Crippen LogP contribution in [0.5, 0.6) is 5.75 Å². The smallest absolute Gasteiger partial charge is 0.417 e. The summed E-state index contributed by atoms with van der Waals surface area (Å²) in [6, 6.07) is 1.29. The molecule has 0 spiro atoms. The Morgan fingerprint density at radius 2 is 1.23 bits per heavy atom. The van der Waals surface area contributed by atoms with Gasteiger partial charge in [-0.25, -0.2) is 0 Å². The molecule has 11 heteroatoms. The number of amides is 1. The van der Waals surface area contributed by atoms with Crippen LogP contribution in [-0.4, -0.2) is 30.1 Å². The lowest BCUT2D eigenvalue weighted by Gasteiger charge is -2.16. The van der Waals surface area contributed by atoms with Crippen molar-refractivity contribution in [1.29, 1.82) is 0 Å². The zero-order valence-electron chi connectivity index (χ0n) is 19.6. The molecule has 0 atom stereocenters. The largest absolute Gasteiger partial charge is 0.484 e. The lowest BCUT2D eigenvalue weighted by Crippen LogP contribution is -2.29. The molecule has 0 heterocycles. The van der Waals surface area contributed by atoms with Crippen LogP contribution < -0.4 is 10.1 Å². The van der Waals surface area contributed by atoms with Gasteiger partial charge in [0, 0.05) is 13.0 Å². The summed E-state index contributed by atoms with van der Waals surface area (Å²) in [6.07, 6.45) is 0.795. The molecule has 0 saturated carbocycles. The summed E-state index contributed by atoms with van der Waals surface area (Å²) in [5, 5.41) is 11.1. The molecule has 2 N–H and O–H groups in total. The van der Waals surface area contributed by atoms with E-state index in [0.717, 1.165) is 76.7 Å². The van der Waals surface area contributed by atoms with Gasteiger partial charge in [0.05, 0.1) is 11.1 Å². The summed E-state index contributed by atoms with van der Waals surface area (Å²) in [6.45, 7) is -0.224. The molecule has 200 valence electrons. The van der Waals surface area contributed by atoms with Crippen molar-refractivity contribution in [3.05, 3.63) is 29.3 Å². The van der Waals surface area contributed by atoms with Crippen LogP contribution >= 0.6 is 0 Å². The zero-order valence-corrected chi connectivity index (χ0v) is 19.6. The Bertz CT molecular complexity index is 780. The summed E-state index contributed by atoms with van der Waals surface area (Å²) in [5.74, 6) is -1.79. The molecule has 0 unspecified atom stereocenters. The second kappa shape index (κ2) is 15.5. The Labute approximate surface area is 201 Å². The highest BCUT2D eigenvalue weighted by atomic mass is 19.4. The molecule has 0 bridgehead atoms. The summed E-state index contributed by atoms with van der Waals surface area (Å²) >= 11 is 0. The van der Waals surface area contributed by atoms with E-state index in [1.165, 1.54) is 0 Å². The highest BCUT2D eigenvalue weighted by Crippen LogP contribution is 2.41. The number of alkyl halides is 6. The van der Waals surface area contributed by atoms with Crippen LogP contribution in [0.25, 0.3) is 0 Å². The van der Waals surface area contributed by atoms with Gasteiger partial charge in [-0.1, -0.05) is 57.8 Å². The molecule has 0 radical (unpaired) electrons. The minimum atomic E-state index is -5.21. The first-order valence-electron chi connectivity index (χ1n) is 11.8. The average Bonchev–Trinajstić information content (AvgIpc) is 2.76. The van der Waals surface area contributed by atoms with E-state index in [4.69, 9.17) is 9.84 Å². The third-order valence-electron chi connectivity index (χ3n) is 5.36. The molecule has 35 heavy (non-hydrogen) atoms. The van der Waals surface area contributed by atoms with E-state index in [1.807, 2.05) is 0 Å². The van der Waals surface area contributed by atoms with Gasteiger partial charge in [0.1, 0.15) is 5.75 Å². The molecule has 0 fully saturated rings. The number of aliphatic carboxylic acids is 1. The van der Waals surface area contributed by atoms with Gasteiger partial charge in [-0.15, -0.1) is 0 Å². The van der Waals surface area contributed by atoms with Crippen molar-refractivity contribution in [1.82, 2.24) is 5.32 Å². The molecule has 0 aliphatic heterocycles. The molecule has 0 saturated heterocycles. The fourth-order valence-electron chi connectivity index (χ4n) is 3.51. The number of hydrogen-bond donors (Lipinski definition) is 2. The minimum Gasteiger partial charge on any atom is -0.484 e. The van der Waals surface area contributed by atoms with Crippen molar-refractivity contribution in [2.75, 3.05) is 13.2 Å². The maximum absolute atomic E-state index is 12.9. The van der Waals surface area contributed by atoms with Crippen molar-refractivity contribution in [3.63, 3.8) is 0 Å². The number of benzene rings is 1. The van der Waals surface area contributed by atoms with Gasteiger partial charge in [-0.2, -0.15) is 26.3 Å². The molecule has 0 aliphatic rings. The quantitative estimate of drug-likeness (QED) is 0.174. The summed E-state index contributed by atoms with van der Waals surface area (Å²) in [7, 11) is 0. The first kappa shape index (κ1) is 30.6. The molecular formula is C24H33F6NO4. The van der Waals surface area contributed by atoms with E-state index < -0.39 is 47.7 Å². The van der Waals surface area contributed by atoms with E-state index in [1.54, 1.807) is 0 Å². The monoisotopic (exact) mass is 513 g/mol. The van der Waals surface area contributed by atoms with Crippen LogP contribution in [0.1, 0.15) is 88.2 Å². The van der Waals surface area contributed by atoms with Crippen LogP contribution in [0.15, 0.2) is 18.2 Å². The Morgan fingerprint density at radius 1 is 0.743 bits per heavy atom. The van der Waals surface area contributed by atoms with Gasteiger partial charge in [0.25, 0.3) is 5.91 Å². The van der Waals surface area contributed by atoms with Crippen LogP contribution in [0.2, 0.25) is 0 Å². The van der Waals surface area contributed by atoms with E-state index in [2.05, 4.69) is 5.32 Å². The number of nitrogens with one attached hydrogen (secondary N) is 1. The fourth-order valence-corrected chi connectivity index (χ4v) is 3.51. The van der Waals surface area contributed by atoms with Gasteiger partial charge in [0.2, 0.25) is 0 Å². The Balaban J connectivity index is 2.13. The maximum atomic E-state index is 12.9. The van der Waals surface area contributed by atoms with Crippen LogP contribution in [0, 0.1) is 0 Å². The van der Waals surface area contributed by atoms with Gasteiger partial charge >= 0.3 is 18.3 Å². The Morgan fingerprint density at radius 3 is 1.71 bits per heavy atom. The molecule has 0 aliphatic carbocycles. The highest BCUT2D eigenvalue weighted by Gasteiger charge is 2.43. The second-order valence-corrected chi connectivity index (χ2v) is 8.37. The van der Waals surface area contributed by atoms with Crippen molar-refractivity contribution in [2.45, 2.75) is 89.4 Å². The number of rotatable bonds is 17. The number of carbonyl (C=O) groups excluding carboxylic acids is 1. The number of carboxylic acid groups (broad SMARTS) is 1. The lowest BCUT2D eigenvalue weighted by atomic mass is 10.1. The SMILES string of the molecule is O=C(O)CCCCCCCCCCCCCNC(=O)COc1ccc(C(F)(F)F)c(C(F)(F)F)c1. The second-order valence-electron chi connectivity index (χ2n) is 8.37. The maximum Gasteiger partial charge on any atom is 0.417 e. The number of carboxylic acids is 1. The summed E-state index contributed by atoms with van der Waals surface area (Å²) in [4.78, 5) is 22.2. The first-order valence-corrected chi connectivity index (χ1v) is 11.8. The minimum absolute atomic E-state index is 0.232. The van der Waals surface area contributed by atoms with Crippen molar-refractivity contribution >= 4 is 11.9 Å². The Kier molecular flexibility index (Phi) is 13.6. The fraction of sp³-hybridized carbons (Fsp3) is 0.667. The molecular weight excluding hydrogens is 480 g/mol. The number of unbranched alkanes of at least 4 members (excludes halogenated alkanes) is 10. The molecule has 1 rings (SSSR count). The summed E-state index contributed by atoms with van der Waals surface area (Å²) < 4.78 is 82.1. The highest BCUT2D eigenvalue weighted by molar-refractivity contribution is 5.77. The number of ether oxygens (including phenoxy) is 1. The Hall–Kier alpha value is -2.46. The standard InChI is InChI=1S/C24H33F6NO4/c25-23(26,27)19-14-13-18(16-20(19)24(28,29)30)35-17-21(32)31-15-11-9-7-5-3-1-2-4-6-8-10-12-22(33)34/h13-14,16H,1-12,15,17H2,(H,31,32)(H,33,34). The topological polar surface area (TPSA) is 75.6 Å². The predicted molar refractivity (Wildman–Crippen MR) is 118 cm³/mol. The molecule has 5 nitrogen and oxygen atoms in total. The third-order valence-corrected chi connectivity index (χ3v) is 5.36. The van der Waals surface area contributed by atoms with Crippen molar-refractivity contribution < 1.29 is 45.8 Å². The van der Waals surface area contributed by atoms with Gasteiger partial charge < -0.3 is 15.2 Å². The van der Waals surface area contributed by atoms with E-state index in [0.29, 0.717) is 12.6 Å². The first-order chi connectivity index (χ1) is 16.4. The van der Waals surface area contributed by atoms with Crippen molar-refractivity contribution in [3.8, 4) is 5.75 Å². The van der Waals surface area contributed by atoms with Crippen LogP contribution in [-0.2, 0) is 21.9 Å². The van der Waals surface area contributed by atoms with Gasteiger partial charge in [-0.3, -0.25) is 9.59 Å². The molecule has 1 aromatic rings. The van der Waals surface area contributed by atoms with Crippen LogP contribution in [0.4, 0.5) is 26.3 Å². The normalized spacial score (nSPS) is 11.9. The lowest BCUT2D eigenvalue weighted by molar-refractivity contribution is -0.162. The molecule has 1 aromatic carbocycles. The van der Waals surface area contributed by atoms with Crippen LogP contribution in [0.3, 0.4) is 0 Å². The predicted octanol–water partition coefficient (Wildman–Crippen LogP) is 6.99. The number of hydrogen-bond acceptors (Lipinski definition) is 3. The average molecular weight is 514 g/mol. The number of halogens is 6. The van der Waals surface area contributed by atoms with E-state index in [9.17, 15) is 35.9 Å². The van der Waals surface area contributed by atoms with E-state index >= 15 is 0 Å². The zero-order chi connectivity index (χ0) is 26.3. The molecule has 1 amide bonds. The molecule has 0 aromatic heterocycles. The van der Waals surface area contributed by atoms with E-state index in [-0.39, 0.29) is 12.5 Å². The summed E-state index contributed by atoms with van der Waals surface area (Å²) in [5.41, 5.74) is -3.67. The number of carbonyl (C=O) groups is 2.